The molecule has 2 heterocycles. The number of nitrogens with zero attached hydrogens (tertiary/aromatic N) is 3. The standard InChI is InChI=1S/C23H31N3O3/c1-3-4-5-6-17-29-21-8-7-19(18-22(21)28-2)23(27)26-15-13-25(14-16-26)20-9-11-24-12-10-20/h7-12,18H,3-6,13-17H2,1-2H3. The molecule has 0 atom stereocenters. The number of anilines is 1. The number of piperazine rings is 1. The quantitative estimate of drug-likeness (QED) is 0.599. The average molecular weight is 398 g/mol. The zero-order chi connectivity index (χ0) is 20.5. The van der Waals surface area contributed by atoms with Crippen molar-refractivity contribution in [2.75, 3.05) is 44.8 Å². The van der Waals surface area contributed by atoms with Gasteiger partial charge in [0.1, 0.15) is 0 Å². The second-order valence-corrected chi connectivity index (χ2v) is 7.26. The fraction of sp³-hybridized carbons (Fsp3) is 0.478. The first-order chi connectivity index (χ1) is 14.2. The Balaban J connectivity index is 1.56. The molecule has 1 amide bonds. The maximum Gasteiger partial charge on any atom is 0.254 e. The highest BCUT2D eigenvalue weighted by molar-refractivity contribution is 5.95. The number of ether oxygens (including phenoxy) is 2. The van der Waals surface area contributed by atoms with Gasteiger partial charge in [-0.15, -0.1) is 0 Å². The summed E-state index contributed by atoms with van der Waals surface area (Å²) in [5.74, 6) is 1.34. The Morgan fingerprint density at radius 1 is 1.00 bits per heavy atom. The zero-order valence-corrected chi connectivity index (χ0v) is 17.5. The second kappa shape index (κ2) is 10.7. The third kappa shape index (κ3) is 5.62. The van der Waals surface area contributed by atoms with E-state index in [4.69, 9.17) is 9.47 Å². The number of pyridine rings is 1. The molecule has 2 aromatic rings. The highest BCUT2D eigenvalue weighted by atomic mass is 16.5. The number of hydrogen-bond acceptors (Lipinski definition) is 5. The van der Waals surface area contributed by atoms with Gasteiger partial charge in [-0.2, -0.15) is 0 Å². The summed E-state index contributed by atoms with van der Waals surface area (Å²) in [5, 5.41) is 0. The van der Waals surface area contributed by atoms with Gasteiger partial charge in [-0.05, 0) is 36.8 Å². The van der Waals surface area contributed by atoms with Gasteiger partial charge in [0.2, 0.25) is 0 Å². The van der Waals surface area contributed by atoms with E-state index in [1.165, 1.54) is 19.3 Å². The molecule has 0 bridgehead atoms. The molecule has 1 aliphatic rings. The topological polar surface area (TPSA) is 54.9 Å². The van der Waals surface area contributed by atoms with E-state index in [1.54, 1.807) is 25.6 Å². The van der Waals surface area contributed by atoms with Crippen LogP contribution in [0.3, 0.4) is 0 Å². The lowest BCUT2D eigenvalue weighted by Gasteiger charge is -2.36. The van der Waals surface area contributed by atoms with Crippen LogP contribution in [0, 0.1) is 0 Å². The molecule has 29 heavy (non-hydrogen) atoms. The Kier molecular flexibility index (Phi) is 7.73. The van der Waals surface area contributed by atoms with Crippen LogP contribution in [0.5, 0.6) is 11.5 Å². The minimum absolute atomic E-state index is 0.0344. The number of aromatic nitrogens is 1. The number of methoxy groups -OCH3 is 1. The third-order valence-corrected chi connectivity index (χ3v) is 5.26. The Hall–Kier alpha value is -2.76. The van der Waals surface area contributed by atoms with Gasteiger partial charge in [-0.3, -0.25) is 9.78 Å². The van der Waals surface area contributed by atoms with Crippen molar-refractivity contribution in [2.24, 2.45) is 0 Å². The van der Waals surface area contributed by atoms with Crippen LogP contribution in [0.25, 0.3) is 0 Å². The molecule has 156 valence electrons. The van der Waals surface area contributed by atoms with Gasteiger partial charge in [0.15, 0.2) is 11.5 Å². The van der Waals surface area contributed by atoms with Crippen LogP contribution in [-0.2, 0) is 0 Å². The molecule has 1 aromatic heterocycles. The van der Waals surface area contributed by atoms with Gasteiger partial charge in [-0.1, -0.05) is 26.2 Å². The summed E-state index contributed by atoms with van der Waals surface area (Å²) in [6.07, 6.45) is 8.22. The summed E-state index contributed by atoms with van der Waals surface area (Å²) < 4.78 is 11.3. The van der Waals surface area contributed by atoms with Crippen molar-refractivity contribution in [3.05, 3.63) is 48.3 Å². The van der Waals surface area contributed by atoms with E-state index in [2.05, 4.69) is 16.8 Å². The third-order valence-electron chi connectivity index (χ3n) is 5.26. The Morgan fingerprint density at radius 2 is 1.76 bits per heavy atom. The van der Waals surface area contributed by atoms with Gasteiger partial charge in [0.05, 0.1) is 13.7 Å². The van der Waals surface area contributed by atoms with Gasteiger partial charge < -0.3 is 19.3 Å². The van der Waals surface area contributed by atoms with Gasteiger partial charge in [0.25, 0.3) is 5.91 Å². The van der Waals surface area contributed by atoms with Crippen molar-refractivity contribution in [3.63, 3.8) is 0 Å². The van der Waals surface area contributed by atoms with E-state index in [0.717, 1.165) is 25.2 Å². The van der Waals surface area contributed by atoms with Crippen molar-refractivity contribution in [1.29, 1.82) is 0 Å². The van der Waals surface area contributed by atoms with Crippen LogP contribution in [0.1, 0.15) is 43.0 Å². The fourth-order valence-electron chi connectivity index (χ4n) is 3.54. The molecular weight excluding hydrogens is 366 g/mol. The molecular formula is C23H31N3O3. The number of rotatable bonds is 9. The Bertz CT molecular complexity index is 774. The Labute approximate surface area is 173 Å². The first kappa shape index (κ1) is 21.0. The predicted molar refractivity (Wildman–Crippen MR) is 115 cm³/mol. The average Bonchev–Trinajstić information content (AvgIpc) is 2.79. The van der Waals surface area contributed by atoms with E-state index in [9.17, 15) is 4.79 Å². The maximum absolute atomic E-state index is 13.0. The normalized spacial score (nSPS) is 14.0. The molecule has 1 fully saturated rings. The number of amides is 1. The van der Waals surface area contributed by atoms with Crippen LogP contribution in [-0.4, -0.2) is 55.7 Å². The van der Waals surface area contributed by atoms with Crippen molar-refractivity contribution >= 4 is 11.6 Å². The van der Waals surface area contributed by atoms with Crippen LogP contribution in [0.2, 0.25) is 0 Å². The van der Waals surface area contributed by atoms with Gasteiger partial charge in [0, 0.05) is 49.8 Å². The summed E-state index contributed by atoms with van der Waals surface area (Å²) >= 11 is 0. The predicted octanol–water partition coefficient (Wildman–Crippen LogP) is 4.01. The minimum atomic E-state index is 0.0344. The lowest BCUT2D eigenvalue weighted by molar-refractivity contribution is 0.0746. The molecule has 0 unspecified atom stereocenters. The lowest BCUT2D eigenvalue weighted by atomic mass is 10.1. The molecule has 1 saturated heterocycles. The molecule has 0 radical (unpaired) electrons. The largest absolute Gasteiger partial charge is 0.493 e. The monoisotopic (exact) mass is 397 g/mol. The number of carbonyl (C=O) groups is 1. The molecule has 6 heteroatoms. The smallest absolute Gasteiger partial charge is 0.254 e. The van der Waals surface area contributed by atoms with Gasteiger partial charge in [-0.25, -0.2) is 0 Å². The molecule has 1 aliphatic heterocycles. The van der Waals surface area contributed by atoms with E-state index < -0.39 is 0 Å². The van der Waals surface area contributed by atoms with Crippen molar-refractivity contribution in [3.8, 4) is 11.5 Å². The number of unbranched alkanes of at least 4 members (excludes halogenated alkanes) is 3. The summed E-state index contributed by atoms with van der Waals surface area (Å²) in [4.78, 5) is 21.2. The Morgan fingerprint density at radius 3 is 2.45 bits per heavy atom. The highest BCUT2D eigenvalue weighted by Crippen LogP contribution is 2.29. The molecule has 0 N–H and O–H groups in total. The number of benzene rings is 1. The van der Waals surface area contributed by atoms with Crippen LogP contribution in [0.15, 0.2) is 42.7 Å². The molecule has 1 aromatic carbocycles. The van der Waals surface area contributed by atoms with Gasteiger partial charge >= 0.3 is 0 Å². The van der Waals surface area contributed by atoms with Crippen molar-refractivity contribution in [1.82, 2.24) is 9.88 Å². The summed E-state index contributed by atoms with van der Waals surface area (Å²) in [6.45, 7) is 5.87. The maximum atomic E-state index is 13.0. The number of hydrogen-bond donors (Lipinski definition) is 0. The first-order valence-electron chi connectivity index (χ1n) is 10.5. The van der Waals surface area contributed by atoms with Crippen LogP contribution >= 0.6 is 0 Å². The minimum Gasteiger partial charge on any atom is -0.493 e. The van der Waals surface area contributed by atoms with E-state index in [0.29, 0.717) is 36.8 Å². The molecule has 0 saturated carbocycles. The van der Waals surface area contributed by atoms with E-state index >= 15 is 0 Å². The van der Waals surface area contributed by atoms with Crippen molar-refractivity contribution in [2.45, 2.75) is 32.6 Å². The summed E-state index contributed by atoms with van der Waals surface area (Å²) in [5.41, 5.74) is 1.78. The summed E-state index contributed by atoms with van der Waals surface area (Å²) in [6, 6.07) is 9.48. The van der Waals surface area contributed by atoms with Crippen LogP contribution < -0.4 is 14.4 Å². The molecule has 6 nitrogen and oxygen atoms in total. The first-order valence-corrected chi connectivity index (χ1v) is 10.5. The van der Waals surface area contributed by atoms with E-state index in [-0.39, 0.29) is 5.91 Å². The van der Waals surface area contributed by atoms with Crippen molar-refractivity contribution < 1.29 is 14.3 Å². The highest BCUT2D eigenvalue weighted by Gasteiger charge is 2.23. The van der Waals surface area contributed by atoms with Crippen LogP contribution in [0.4, 0.5) is 5.69 Å². The lowest BCUT2D eigenvalue weighted by Crippen LogP contribution is -2.48. The SMILES string of the molecule is CCCCCCOc1ccc(C(=O)N2CCN(c3ccncc3)CC2)cc1OC. The molecule has 3 rings (SSSR count). The molecule has 0 aliphatic carbocycles. The molecule has 0 spiro atoms. The summed E-state index contributed by atoms with van der Waals surface area (Å²) in [7, 11) is 1.61. The fourth-order valence-corrected chi connectivity index (χ4v) is 3.54. The number of carbonyl (C=O) groups excluding carboxylic acids is 1. The second-order valence-electron chi connectivity index (χ2n) is 7.26. The zero-order valence-electron chi connectivity index (χ0n) is 17.5. The van der Waals surface area contributed by atoms with E-state index in [1.807, 2.05) is 29.2 Å².